The molecule has 0 atom stereocenters. The number of hydrogen-bond donors (Lipinski definition) is 2. The minimum atomic E-state index is -0.967. The van der Waals surface area contributed by atoms with Crippen molar-refractivity contribution in [1.29, 1.82) is 0 Å². The van der Waals surface area contributed by atoms with E-state index in [1.165, 1.54) is 18.2 Å². The number of anilines is 1. The molecular formula is C25H30N6O5. The zero-order valence-corrected chi connectivity index (χ0v) is 20.8. The molecule has 0 spiro atoms. The summed E-state index contributed by atoms with van der Waals surface area (Å²) in [7, 11) is 1.53. The number of hydrogen-bond acceptors (Lipinski definition) is 7. The highest BCUT2D eigenvalue weighted by molar-refractivity contribution is 5.96. The lowest BCUT2D eigenvalue weighted by Gasteiger charge is -2.33. The van der Waals surface area contributed by atoms with Crippen molar-refractivity contribution in [3.05, 3.63) is 47.8 Å². The van der Waals surface area contributed by atoms with Gasteiger partial charge < -0.3 is 24.8 Å². The van der Waals surface area contributed by atoms with Crippen LogP contribution in [0.25, 0.3) is 10.9 Å². The number of carbonyl (C=O) groups excluding carboxylic acids is 1. The third-order valence-corrected chi connectivity index (χ3v) is 5.84. The summed E-state index contributed by atoms with van der Waals surface area (Å²) in [4.78, 5) is 38.6. The number of fused-ring (bicyclic) bond motifs is 3. The van der Waals surface area contributed by atoms with E-state index in [4.69, 9.17) is 9.47 Å². The van der Waals surface area contributed by atoms with Crippen LogP contribution in [0.2, 0.25) is 0 Å². The Labute approximate surface area is 208 Å². The second kappa shape index (κ2) is 10.2. The summed E-state index contributed by atoms with van der Waals surface area (Å²) in [6.45, 7) is 7.48. The van der Waals surface area contributed by atoms with Crippen LogP contribution in [0.3, 0.4) is 0 Å². The summed E-state index contributed by atoms with van der Waals surface area (Å²) in [5.41, 5.74) is 0.632. The van der Waals surface area contributed by atoms with E-state index in [1.807, 2.05) is 31.4 Å². The van der Waals surface area contributed by atoms with Gasteiger partial charge >= 0.3 is 6.09 Å². The highest BCUT2D eigenvalue weighted by Gasteiger charge is 2.25. The van der Waals surface area contributed by atoms with E-state index in [0.29, 0.717) is 48.6 Å². The first-order valence-corrected chi connectivity index (χ1v) is 11.7. The average Bonchev–Trinajstić information content (AvgIpc) is 3.33. The number of nitrogens with one attached hydrogen (secondary N) is 1. The van der Waals surface area contributed by atoms with Gasteiger partial charge in [-0.3, -0.25) is 14.3 Å². The molecule has 2 N–H and O–H groups in total. The molecule has 11 nitrogen and oxygen atoms in total. The van der Waals surface area contributed by atoms with Crippen LogP contribution in [0.4, 0.5) is 10.6 Å². The Bertz CT molecular complexity index is 1350. The van der Waals surface area contributed by atoms with Crippen molar-refractivity contribution in [1.82, 2.24) is 19.4 Å². The molecule has 0 bridgehead atoms. The van der Waals surface area contributed by atoms with Gasteiger partial charge in [-0.05, 0) is 51.5 Å². The molecule has 0 fully saturated rings. The van der Waals surface area contributed by atoms with Crippen LogP contribution in [0.1, 0.15) is 37.6 Å². The van der Waals surface area contributed by atoms with Gasteiger partial charge in [-0.15, -0.1) is 0 Å². The molecule has 1 aliphatic heterocycles. The van der Waals surface area contributed by atoms with Crippen molar-refractivity contribution in [2.75, 3.05) is 32.1 Å². The molecule has 0 radical (unpaired) electrons. The molecule has 4 rings (SSSR count). The fourth-order valence-corrected chi connectivity index (χ4v) is 4.11. The second-order valence-electron chi connectivity index (χ2n) is 9.30. The van der Waals surface area contributed by atoms with Gasteiger partial charge in [0.1, 0.15) is 11.3 Å². The normalized spacial score (nSPS) is 13.3. The minimum absolute atomic E-state index is 0.258. The van der Waals surface area contributed by atoms with Gasteiger partial charge in [0.05, 0.1) is 19.3 Å². The van der Waals surface area contributed by atoms with Gasteiger partial charge in [0.25, 0.3) is 5.91 Å². The monoisotopic (exact) mass is 494 g/mol. The SMILES string of the molecule is COc1c(OCCCN(C(=O)O)C(C)(C)C)ccc2c3n(c(=NC(=O)c4cccnc4)nc12)CCN3. The van der Waals surface area contributed by atoms with Gasteiger partial charge in [-0.2, -0.15) is 4.99 Å². The molecule has 1 aromatic carbocycles. The van der Waals surface area contributed by atoms with E-state index < -0.39 is 17.5 Å². The Balaban J connectivity index is 1.65. The Morgan fingerprint density at radius 1 is 1.28 bits per heavy atom. The molecule has 2 amide bonds. The van der Waals surface area contributed by atoms with Crippen molar-refractivity contribution in [3.8, 4) is 11.5 Å². The predicted molar refractivity (Wildman–Crippen MR) is 134 cm³/mol. The predicted octanol–water partition coefficient (Wildman–Crippen LogP) is 3.15. The van der Waals surface area contributed by atoms with Crippen LogP contribution >= 0.6 is 0 Å². The van der Waals surface area contributed by atoms with Gasteiger partial charge in [0.2, 0.25) is 5.62 Å². The van der Waals surface area contributed by atoms with Gasteiger partial charge in [0.15, 0.2) is 11.5 Å². The van der Waals surface area contributed by atoms with Crippen LogP contribution in [-0.2, 0) is 6.54 Å². The fraction of sp³-hybridized carbons (Fsp3) is 0.400. The van der Waals surface area contributed by atoms with Crippen molar-refractivity contribution in [3.63, 3.8) is 0 Å². The van der Waals surface area contributed by atoms with E-state index >= 15 is 0 Å². The molecule has 190 valence electrons. The summed E-state index contributed by atoms with van der Waals surface area (Å²) < 4.78 is 13.5. The van der Waals surface area contributed by atoms with Crippen molar-refractivity contribution < 1.29 is 24.2 Å². The molecule has 36 heavy (non-hydrogen) atoms. The van der Waals surface area contributed by atoms with Gasteiger partial charge in [0, 0.05) is 43.0 Å². The minimum Gasteiger partial charge on any atom is -0.491 e. The van der Waals surface area contributed by atoms with Crippen molar-refractivity contribution in [2.45, 2.75) is 39.3 Å². The highest BCUT2D eigenvalue weighted by Crippen LogP contribution is 2.37. The smallest absolute Gasteiger partial charge is 0.407 e. The zero-order valence-electron chi connectivity index (χ0n) is 20.8. The molecule has 1 aliphatic rings. The van der Waals surface area contributed by atoms with Gasteiger partial charge in [-0.1, -0.05) is 0 Å². The Hall–Kier alpha value is -4.15. The first-order valence-electron chi connectivity index (χ1n) is 11.7. The maximum absolute atomic E-state index is 12.7. The average molecular weight is 495 g/mol. The number of benzene rings is 1. The fourth-order valence-electron chi connectivity index (χ4n) is 4.11. The first-order chi connectivity index (χ1) is 17.2. The van der Waals surface area contributed by atoms with Crippen LogP contribution in [0, 0.1) is 0 Å². The topological polar surface area (TPSA) is 131 Å². The molecule has 0 unspecified atom stereocenters. The number of rotatable bonds is 7. The lowest BCUT2D eigenvalue weighted by Crippen LogP contribution is -2.45. The molecule has 11 heteroatoms. The Morgan fingerprint density at radius 3 is 2.75 bits per heavy atom. The van der Waals surface area contributed by atoms with E-state index in [1.54, 1.807) is 24.4 Å². The van der Waals surface area contributed by atoms with E-state index in [0.717, 1.165) is 11.2 Å². The molecule has 2 aromatic heterocycles. The summed E-state index contributed by atoms with van der Waals surface area (Å²) in [6.07, 6.45) is 2.59. The lowest BCUT2D eigenvalue weighted by atomic mass is 10.1. The Morgan fingerprint density at radius 2 is 2.08 bits per heavy atom. The number of pyridine rings is 1. The maximum atomic E-state index is 12.7. The molecule has 0 aliphatic carbocycles. The lowest BCUT2D eigenvalue weighted by molar-refractivity contribution is 0.0958. The van der Waals surface area contributed by atoms with Crippen molar-refractivity contribution in [2.24, 2.45) is 4.99 Å². The standard InChI is InChI=1S/C25H30N6O5/c1-25(2,3)31(24(33)34)12-6-14-36-18-9-8-17-19(20(18)35-4)28-23(30-13-11-27-21(17)30)29-22(32)16-7-5-10-26-15-16/h5,7-10,15,27H,6,11-14H2,1-4H3,(H,33,34). The summed E-state index contributed by atoms with van der Waals surface area (Å²) >= 11 is 0. The molecule has 0 saturated carbocycles. The number of nitrogens with zero attached hydrogens (tertiary/aromatic N) is 5. The molecular weight excluding hydrogens is 464 g/mol. The molecule has 3 heterocycles. The van der Waals surface area contributed by atoms with Gasteiger partial charge in [-0.25, -0.2) is 9.78 Å². The second-order valence-corrected chi connectivity index (χ2v) is 9.30. The number of carboxylic acid groups (broad SMARTS) is 1. The number of aromatic nitrogens is 3. The van der Waals surface area contributed by atoms with E-state index in [9.17, 15) is 14.7 Å². The van der Waals surface area contributed by atoms with Crippen LogP contribution in [0.5, 0.6) is 11.5 Å². The van der Waals surface area contributed by atoms with Crippen LogP contribution in [0.15, 0.2) is 41.7 Å². The number of methoxy groups -OCH3 is 1. The highest BCUT2D eigenvalue weighted by atomic mass is 16.5. The maximum Gasteiger partial charge on any atom is 0.407 e. The van der Waals surface area contributed by atoms with Crippen LogP contribution < -0.4 is 20.4 Å². The third-order valence-electron chi connectivity index (χ3n) is 5.84. The van der Waals surface area contributed by atoms with Crippen LogP contribution in [-0.4, -0.2) is 68.9 Å². The largest absolute Gasteiger partial charge is 0.491 e. The Kier molecular flexibility index (Phi) is 7.09. The molecule has 3 aromatic rings. The molecule has 0 saturated heterocycles. The van der Waals surface area contributed by atoms with Crippen molar-refractivity contribution >= 4 is 28.7 Å². The number of carbonyl (C=O) groups is 2. The number of amides is 2. The third kappa shape index (κ3) is 5.09. The quantitative estimate of drug-likeness (QED) is 0.479. The first kappa shape index (κ1) is 25.0. The van der Waals surface area contributed by atoms with E-state index in [-0.39, 0.29) is 12.2 Å². The van der Waals surface area contributed by atoms with E-state index in [2.05, 4.69) is 20.3 Å². The zero-order chi connectivity index (χ0) is 25.9. The summed E-state index contributed by atoms with van der Waals surface area (Å²) in [5.74, 6) is 1.25. The number of ether oxygens (including phenoxy) is 2. The summed E-state index contributed by atoms with van der Waals surface area (Å²) in [6, 6.07) is 7.02. The summed E-state index contributed by atoms with van der Waals surface area (Å²) in [5, 5.41) is 13.6.